The Morgan fingerprint density at radius 1 is 1.19 bits per heavy atom. The Morgan fingerprint density at radius 2 is 1.89 bits per heavy atom. The number of aryl methyl sites for hydroxylation is 1. The molecular formula is C23H26O3S. The molecule has 1 fully saturated rings. The summed E-state index contributed by atoms with van der Waals surface area (Å²) in [5.41, 5.74) is 2.80. The number of hydrogen-bond donors (Lipinski definition) is 1. The number of Topliss-reactive ketones (excluding diaryl/α,β-unsaturated/α-hetero) is 1. The van der Waals surface area contributed by atoms with Gasteiger partial charge in [0.15, 0.2) is 5.78 Å². The third-order valence-electron chi connectivity index (χ3n) is 5.66. The maximum absolute atomic E-state index is 12.6. The fourth-order valence-corrected chi connectivity index (χ4v) is 4.59. The van der Waals surface area contributed by atoms with Crippen LogP contribution in [-0.2, 0) is 10.2 Å². The zero-order valence-electron chi connectivity index (χ0n) is 15.7. The molecule has 0 unspecified atom stereocenters. The number of ketones is 1. The van der Waals surface area contributed by atoms with Crippen LogP contribution in [-0.4, -0.2) is 35.6 Å². The van der Waals surface area contributed by atoms with Crippen molar-refractivity contribution in [2.24, 2.45) is 5.92 Å². The molecule has 0 saturated carbocycles. The van der Waals surface area contributed by atoms with Crippen LogP contribution in [0.2, 0.25) is 0 Å². The van der Waals surface area contributed by atoms with E-state index < -0.39 is 0 Å². The van der Waals surface area contributed by atoms with Gasteiger partial charge in [-0.05, 0) is 30.9 Å². The van der Waals surface area contributed by atoms with Crippen molar-refractivity contribution < 1.29 is 14.6 Å². The van der Waals surface area contributed by atoms with E-state index in [9.17, 15) is 9.90 Å². The summed E-state index contributed by atoms with van der Waals surface area (Å²) < 4.78 is 5.65. The second-order valence-corrected chi connectivity index (χ2v) is 7.93. The molecule has 142 valence electrons. The van der Waals surface area contributed by atoms with E-state index in [1.54, 1.807) is 0 Å². The van der Waals surface area contributed by atoms with Crippen LogP contribution in [0.3, 0.4) is 0 Å². The van der Waals surface area contributed by atoms with Crippen LogP contribution in [0.4, 0.5) is 0 Å². The number of benzene rings is 2. The molecule has 0 spiro atoms. The van der Waals surface area contributed by atoms with Crippen molar-refractivity contribution >= 4 is 22.9 Å². The SMILES string of the molecule is Cc1ccccc1[C@]1(CC(=S)CC(=O)c2ccccc2)CCOC[C@H]1CO. The summed E-state index contributed by atoms with van der Waals surface area (Å²) in [6.45, 7) is 3.29. The Kier molecular flexibility index (Phi) is 6.53. The summed E-state index contributed by atoms with van der Waals surface area (Å²) in [7, 11) is 0. The van der Waals surface area contributed by atoms with Crippen molar-refractivity contribution in [3.8, 4) is 0 Å². The van der Waals surface area contributed by atoms with E-state index >= 15 is 0 Å². The summed E-state index contributed by atoms with van der Waals surface area (Å²) in [4.78, 5) is 13.3. The van der Waals surface area contributed by atoms with Crippen LogP contribution >= 0.6 is 12.2 Å². The molecule has 1 aliphatic rings. The molecule has 0 aliphatic carbocycles. The molecule has 0 bridgehead atoms. The third kappa shape index (κ3) is 4.34. The fraction of sp³-hybridized carbons (Fsp3) is 0.391. The summed E-state index contributed by atoms with van der Waals surface area (Å²) >= 11 is 5.68. The van der Waals surface area contributed by atoms with Gasteiger partial charge in [-0.3, -0.25) is 4.79 Å². The van der Waals surface area contributed by atoms with Gasteiger partial charge in [-0.1, -0.05) is 66.8 Å². The number of aliphatic hydroxyl groups is 1. The molecule has 2 aromatic rings. The van der Waals surface area contributed by atoms with Gasteiger partial charge in [0.25, 0.3) is 0 Å². The number of rotatable bonds is 7. The minimum absolute atomic E-state index is 0.0304. The van der Waals surface area contributed by atoms with Gasteiger partial charge in [0.05, 0.1) is 6.61 Å². The van der Waals surface area contributed by atoms with E-state index in [1.807, 2.05) is 42.5 Å². The second kappa shape index (κ2) is 8.87. The predicted octanol–water partition coefficient (Wildman–Crippen LogP) is 4.29. The number of carbonyl (C=O) groups is 1. The zero-order valence-corrected chi connectivity index (χ0v) is 16.5. The molecule has 0 radical (unpaired) electrons. The molecule has 1 saturated heterocycles. The van der Waals surface area contributed by atoms with Crippen LogP contribution in [0, 0.1) is 12.8 Å². The van der Waals surface area contributed by atoms with Crippen molar-refractivity contribution in [3.63, 3.8) is 0 Å². The first-order chi connectivity index (χ1) is 13.1. The van der Waals surface area contributed by atoms with E-state index in [2.05, 4.69) is 19.1 Å². The van der Waals surface area contributed by atoms with Crippen LogP contribution in [0.15, 0.2) is 54.6 Å². The van der Waals surface area contributed by atoms with Crippen molar-refractivity contribution in [1.29, 1.82) is 0 Å². The molecule has 4 heteroatoms. The average molecular weight is 383 g/mol. The minimum atomic E-state index is -0.285. The lowest BCUT2D eigenvalue weighted by molar-refractivity contribution is -0.0228. The maximum Gasteiger partial charge on any atom is 0.167 e. The largest absolute Gasteiger partial charge is 0.396 e. The molecule has 1 N–H and O–H groups in total. The van der Waals surface area contributed by atoms with E-state index in [1.165, 1.54) is 11.1 Å². The quantitative estimate of drug-likeness (QED) is 0.573. The van der Waals surface area contributed by atoms with Gasteiger partial charge in [0, 0.05) is 41.4 Å². The standard InChI is InChI=1S/C23H26O3S/c1-17-7-5-6-10-21(17)23(11-12-26-16-19(23)15-24)14-20(27)13-22(25)18-8-3-2-4-9-18/h2-10,19,24H,11-16H2,1H3/t19-,23+/m1/s1. The lowest BCUT2D eigenvalue weighted by Crippen LogP contribution is -2.46. The van der Waals surface area contributed by atoms with Gasteiger partial charge in [0.1, 0.15) is 0 Å². The van der Waals surface area contributed by atoms with E-state index in [0.717, 1.165) is 11.3 Å². The topological polar surface area (TPSA) is 46.5 Å². The first-order valence-corrected chi connectivity index (χ1v) is 9.82. The molecule has 0 amide bonds. The molecular weight excluding hydrogens is 356 g/mol. The number of thiocarbonyl (C=S) groups is 1. The van der Waals surface area contributed by atoms with Crippen molar-refractivity contribution in [2.75, 3.05) is 19.8 Å². The Morgan fingerprint density at radius 3 is 2.59 bits per heavy atom. The fourth-order valence-electron chi connectivity index (χ4n) is 4.20. The molecule has 1 aliphatic heterocycles. The first kappa shape index (κ1) is 19.9. The van der Waals surface area contributed by atoms with Crippen LogP contribution in [0.1, 0.15) is 40.7 Å². The Bertz CT molecular complexity index is 802. The summed E-state index contributed by atoms with van der Waals surface area (Å²) in [5.74, 6) is 0.0188. The molecule has 3 rings (SSSR count). The zero-order chi connectivity index (χ0) is 19.3. The molecule has 2 aromatic carbocycles. The molecule has 0 aromatic heterocycles. The molecule has 27 heavy (non-hydrogen) atoms. The minimum Gasteiger partial charge on any atom is -0.396 e. The average Bonchev–Trinajstić information content (AvgIpc) is 2.69. The monoisotopic (exact) mass is 382 g/mol. The highest BCUT2D eigenvalue weighted by atomic mass is 32.1. The number of aliphatic hydroxyl groups excluding tert-OH is 1. The maximum atomic E-state index is 12.6. The highest BCUT2D eigenvalue weighted by Crippen LogP contribution is 2.44. The van der Waals surface area contributed by atoms with Gasteiger partial charge in [-0.15, -0.1) is 0 Å². The van der Waals surface area contributed by atoms with E-state index in [-0.39, 0.29) is 30.1 Å². The number of carbonyl (C=O) groups excluding carboxylic acids is 1. The predicted molar refractivity (Wildman–Crippen MR) is 111 cm³/mol. The van der Waals surface area contributed by atoms with Crippen molar-refractivity contribution in [3.05, 3.63) is 71.3 Å². The summed E-state index contributed by atoms with van der Waals surface area (Å²) in [5, 5.41) is 10.1. The smallest absolute Gasteiger partial charge is 0.167 e. The Labute approximate surface area is 166 Å². The van der Waals surface area contributed by atoms with Gasteiger partial charge in [-0.25, -0.2) is 0 Å². The first-order valence-electron chi connectivity index (χ1n) is 9.41. The highest BCUT2D eigenvalue weighted by Gasteiger charge is 2.44. The third-order valence-corrected chi connectivity index (χ3v) is 5.95. The van der Waals surface area contributed by atoms with Crippen LogP contribution in [0.25, 0.3) is 0 Å². The molecule has 1 heterocycles. The van der Waals surface area contributed by atoms with E-state index in [4.69, 9.17) is 17.0 Å². The lowest BCUT2D eigenvalue weighted by Gasteiger charge is -2.45. The van der Waals surface area contributed by atoms with Crippen LogP contribution in [0.5, 0.6) is 0 Å². The summed E-state index contributed by atoms with van der Waals surface area (Å²) in [6.07, 6.45) is 1.66. The van der Waals surface area contributed by atoms with Crippen LogP contribution < -0.4 is 0 Å². The van der Waals surface area contributed by atoms with Crippen molar-refractivity contribution in [2.45, 2.75) is 31.6 Å². The van der Waals surface area contributed by atoms with Crippen molar-refractivity contribution in [1.82, 2.24) is 0 Å². The number of ether oxygens (including phenoxy) is 1. The number of hydrogen-bond acceptors (Lipinski definition) is 4. The lowest BCUT2D eigenvalue weighted by atomic mass is 9.63. The Balaban J connectivity index is 1.87. The van der Waals surface area contributed by atoms with Gasteiger partial charge in [-0.2, -0.15) is 0 Å². The molecule has 2 atom stereocenters. The second-order valence-electron chi connectivity index (χ2n) is 7.36. The van der Waals surface area contributed by atoms with Gasteiger partial charge >= 0.3 is 0 Å². The van der Waals surface area contributed by atoms with E-state index in [0.29, 0.717) is 25.2 Å². The molecule has 3 nitrogen and oxygen atoms in total. The normalized spacial score (nSPS) is 22.4. The van der Waals surface area contributed by atoms with Gasteiger partial charge < -0.3 is 9.84 Å². The van der Waals surface area contributed by atoms with Gasteiger partial charge in [0.2, 0.25) is 0 Å². The Hall–Kier alpha value is -1.88. The summed E-state index contributed by atoms with van der Waals surface area (Å²) in [6, 6.07) is 17.6. The highest BCUT2D eigenvalue weighted by molar-refractivity contribution is 7.80.